The Hall–Kier alpha value is -6.90. The fraction of sp³-hybridized carbons (Fsp3) is 0.474. The lowest BCUT2D eigenvalue weighted by atomic mass is 9.62. The predicted molar refractivity (Wildman–Crippen MR) is 271 cm³/mol. The molecular formula is C57H69N3O12. The molecule has 0 saturated carbocycles. The van der Waals surface area contributed by atoms with Crippen LogP contribution in [0.25, 0.3) is 0 Å². The van der Waals surface area contributed by atoms with E-state index in [1.54, 1.807) is 133 Å². The van der Waals surface area contributed by atoms with E-state index in [1.165, 1.54) is 0 Å². The normalized spacial score (nSPS) is 20.2. The number of amides is 3. The summed E-state index contributed by atoms with van der Waals surface area (Å²) in [5.41, 5.74) is -7.69. The number of hydrogen-bond donors (Lipinski definition) is 3. The topological polar surface area (TPSA) is 201 Å². The Kier molecular flexibility index (Phi) is 13.9. The van der Waals surface area contributed by atoms with Crippen LogP contribution in [0.2, 0.25) is 0 Å². The molecular weight excluding hydrogens is 919 g/mol. The van der Waals surface area contributed by atoms with Crippen LogP contribution in [-0.2, 0) is 0 Å². The average molecular weight is 988 g/mol. The first-order valence-corrected chi connectivity index (χ1v) is 24.6. The number of carbonyl (C=O) groups is 6. The first-order valence-electron chi connectivity index (χ1n) is 24.6. The molecule has 3 saturated heterocycles. The van der Waals surface area contributed by atoms with E-state index in [2.05, 4.69) is 0 Å². The maximum Gasteiger partial charge on any atom is 0.416 e. The molecule has 3 N–H and O–H groups in total. The predicted octanol–water partition coefficient (Wildman–Crippen LogP) is 12.6. The summed E-state index contributed by atoms with van der Waals surface area (Å²) in [7, 11) is 0. The summed E-state index contributed by atoms with van der Waals surface area (Å²) in [6, 6.07) is 25.8. The van der Waals surface area contributed by atoms with Crippen molar-refractivity contribution < 1.29 is 58.3 Å². The number of nitrogens with zero attached hydrogens (tertiary/aromatic N) is 3. The molecule has 3 aliphatic heterocycles. The molecule has 0 aromatic heterocycles. The summed E-state index contributed by atoms with van der Waals surface area (Å²) in [6.45, 7) is 22.0. The van der Waals surface area contributed by atoms with Gasteiger partial charge in [0.15, 0.2) is 0 Å². The molecule has 384 valence electrons. The van der Waals surface area contributed by atoms with E-state index in [0.717, 1.165) is 0 Å². The SMILES string of the molecule is CC1(C)CC(c2c(C(=O)O)c(C(=O)O)c(C3CC(C)(C)N(C(=O)Oc4ccccc4)C(C)(C)C3)c(C3CC(C)(C)N(C(=O)Oc4ccccc4)C(C)(C)C3)c2C(=O)O)CC(C)(C)N1C(=O)Oc1ccccc1. The number of carboxylic acid groups (broad SMARTS) is 3. The lowest BCUT2D eigenvalue weighted by molar-refractivity contribution is -0.0204. The second kappa shape index (κ2) is 18.9. The number of hydrogen-bond acceptors (Lipinski definition) is 9. The van der Waals surface area contributed by atoms with Crippen LogP contribution in [0.1, 0.15) is 187 Å². The summed E-state index contributed by atoms with van der Waals surface area (Å²) in [5.74, 6) is -6.08. The van der Waals surface area contributed by atoms with Crippen LogP contribution in [0.3, 0.4) is 0 Å². The molecule has 0 atom stereocenters. The Morgan fingerprint density at radius 1 is 0.361 bits per heavy atom. The van der Waals surface area contributed by atoms with E-state index in [1.807, 2.05) is 55.4 Å². The molecule has 0 unspecified atom stereocenters. The molecule has 0 bridgehead atoms. The van der Waals surface area contributed by atoms with E-state index in [0.29, 0.717) is 17.2 Å². The van der Waals surface area contributed by atoms with Crippen molar-refractivity contribution in [3.8, 4) is 17.2 Å². The van der Waals surface area contributed by atoms with Crippen LogP contribution in [0.4, 0.5) is 14.4 Å². The highest BCUT2D eigenvalue weighted by Crippen LogP contribution is 2.57. The van der Waals surface area contributed by atoms with E-state index < -0.39 is 98.3 Å². The van der Waals surface area contributed by atoms with Crippen LogP contribution < -0.4 is 14.2 Å². The summed E-state index contributed by atoms with van der Waals surface area (Å²) in [6.07, 6.45) is -1.36. The van der Waals surface area contributed by atoms with E-state index in [9.17, 15) is 44.1 Å². The van der Waals surface area contributed by atoms with Gasteiger partial charge < -0.3 is 29.5 Å². The number of para-hydroxylation sites is 3. The van der Waals surface area contributed by atoms with Gasteiger partial charge >= 0.3 is 36.2 Å². The Balaban J connectivity index is 1.46. The molecule has 72 heavy (non-hydrogen) atoms. The number of ether oxygens (including phenoxy) is 3. The highest BCUT2D eigenvalue weighted by Gasteiger charge is 2.56. The second-order valence-corrected chi connectivity index (χ2v) is 23.5. The van der Waals surface area contributed by atoms with Gasteiger partial charge in [0.2, 0.25) is 0 Å². The summed E-state index contributed by atoms with van der Waals surface area (Å²) in [4.78, 5) is 90.6. The van der Waals surface area contributed by atoms with Crippen LogP contribution in [0, 0.1) is 0 Å². The first-order chi connectivity index (χ1) is 33.4. The van der Waals surface area contributed by atoms with Gasteiger partial charge in [-0.2, -0.15) is 0 Å². The molecule has 7 rings (SSSR count). The zero-order valence-corrected chi connectivity index (χ0v) is 43.5. The molecule has 3 fully saturated rings. The van der Waals surface area contributed by atoms with Crippen LogP contribution in [0.5, 0.6) is 17.2 Å². The molecule has 0 spiro atoms. The van der Waals surface area contributed by atoms with Gasteiger partial charge in [0.05, 0.1) is 16.7 Å². The van der Waals surface area contributed by atoms with Gasteiger partial charge in [0.1, 0.15) is 17.2 Å². The van der Waals surface area contributed by atoms with Gasteiger partial charge in [-0.05, 0) is 192 Å². The van der Waals surface area contributed by atoms with Crippen molar-refractivity contribution in [2.45, 2.75) is 173 Å². The fourth-order valence-corrected chi connectivity index (χ4v) is 13.6. The minimum atomic E-state index is -1.61. The average Bonchev–Trinajstić information content (AvgIpc) is 3.23. The number of aromatic carboxylic acids is 3. The Morgan fingerprint density at radius 3 is 0.806 bits per heavy atom. The molecule has 3 amide bonds. The number of carbonyl (C=O) groups excluding carboxylic acids is 3. The molecule has 15 heteroatoms. The van der Waals surface area contributed by atoms with Gasteiger partial charge in [-0.25, -0.2) is 28.8 Å². The fourth-order valence-electron chi connectivity index (χ4n) is 13.6. The third-order valence-electron chi connectivity index (χ3n) is 15.0. The summed E-state index contributed by atoms with van der Waals surface area (Å²) < 4.78 is 17.7. The number of carboxylic acids is 3. The quantitative estimate of drug-likeness (QED) is 0.143. The minimum absolute atomic E-state index is 0.0431. The molecule has 4 aromatic carbocycles. The third-order valence-corrected chi connectivity index (χ3v) is 15.0. The van der Waals surface area contributed by atoms with Crippen molar-refractivity contribution >= 4 is 36.2 Å². The Morgan fingerprint density at radius 2 is 0.569 bits per heavy atom. The van der Waals surface area contributed by atoms with E-state index in [4.69, 9.17) is 14.2 Å². The molecule has 15 nitrogen and oxygen atoms in total. The lowest BCUT2D eigenvalue weighted by Gasteiger charge is -2.57. The number of benzene rings is 4. The van der Waals surface area contributed by atoms with Crippen molar-refractivity contribution in [2.24, 2.45) is 0 Å². The van der Waals surface area contributed by atoms with E-state index in [-0.39, 0.29) is 60.8 Å². The molecule has 3 aliphatic rings. The molecule has 0 radical (unpaired) electrons. The largest absolute Gasteiger partial charge is 0.478 e. The zero-order chi connectivity index (χ0) is 53.1. The lowest BCUT2D eigenvalue weighted by Crippen LogP contribution is -2.64. The number of piperidine rings is 3. The van der Waals surface area contributed by atoms with Crippen LogP contribution >= 0.6 is 0 Å². The summed E-state index contributed by atoms with van der Waals surface area (Å²) >= 11 is 0. The minimum Gasteiger partial charge on any atom is -0.478 e. The van der Waals surface area contributed by atoms with Crippen molar-refractivity contribution in [3.05, 3.63) is 124 Å². The standard InChI is InChI=1S/C57H69N3O12/c1-52(2)28-34(29-53(3,4)58(52)49(67)70-37-22-16-13-17-23-37)40-41(35-30-54(5,6)59(55(7,8)31-35)50(68)71-38-24-18-14-19-25-38)44(47(63)64)45(48(65)66)42(43(40)46(61)62)36-32-56(9,10)60(57(11,12)33-36)51(69)72-39-26-20-15-21-27-39/h13-27,34-36H,28-33H2,1-12H3,(H,61,62)(H,63,64)(H,65,66). The Bertz CT molecular complexity index is 2710. The van der Waals surface area contributed by atoms with Crippen molar-refractivity contribution in [1.82, 2.24) is 14.7 Å². The highest BCUT2D eigenvalue weighted by atomic mass is 16.6. The molecule has 3 heterocycles. The van der Waals surface area contributed by atoms with Crippen LogP contribution in [0.15, 0.2) is 91.0 Å². The van der Waals surface area contributed by atoms with Gasteiger partial charge in [-0.15, -0.1) is 0 Å². The Labute approximate surface area is 422 Å². The molecule has 0 aliphatic carbocycles. The first kappa shape index (κ1) is 52.9. The highest BCUT2D eigenvalue weighted by molar-refractivity contribution is 6.08. The van der Waals surface area contributed by atoms with Crippen LogP contribution in [-0.4, -0.2) is 99.4 Å². The maximum absolute atomic E-state index is 14.6. The van der Waals surface area contributed by atoms with Crippen molar-refractivity contribution in [3.63, 3.8) is 0 Å². The van der Waals surface area contributed by atoms with Gasteiger partial charge in [-0.1, -0.05) is 54.6 Å². The molecule has 4 aromatic rings. The monoisotopic (exact) mass is 987 g/mol. The maximum atomic E-state index is 14.6. The van der Waals surface area contributed by atoms with Gasteiger partial charge in [-0.3, -0.25) is 14.7 Å². The third kappa shape index (κ3) is 10.1. The zero-order valence-electron chi connectivity index (χ0n) is 43.5. The smallest absolute Gasteiger partial charge is 0.416 e. The van der Waals surface area contributed by atoms with Gasteiger partial charge in [0, 0.05) is 33.2 Å². The van der Waals surface area contributed by atoms with Gasteiger partial charge in [0.25, 0.3) is 0 Å². The number of likely N-dealkylation sites (tertiary alicyclic amines) is 3. The summed E-state index contributed by atoms with van der Waals surface area (Å²) in [5, 5.41) is 35.0. The van der Waals surface area contributed by atoms with E-state index >= 15 is 0 Å². The van der Waals surface area contributed by atoms with Crippen molar-refractivity contribution in [1.29, 1.82) is 0 Å². The number of rotatable bonds is 9. The second-order valence-electron chi connectivity index (χ2n) is 23.5. The van der Waals surface area contributed by atoms with Crippen molar-refractivity contribution in [2.75, 3.05) is 0 Å².